The van der Waals surface area contributed by atoms with Crippen LogP contribution in [0.15, 0.2) is 47.4 Å². The third kappa shape index (κ3) is 4.52. The number of thiazole rings is 1. The van der Waals surface area contributed by atoms with Crippen LogP contribution in [-0.2, 0) is 21.2 Å². The summed E-state index contributed by atoms with van der Waals surface area (Å²) in [4.78, 5) is 16.3. The third-order valence-corrected chi connectivity index (χ3v) is 6.80. The lowest BCUT2D eigenvalue weighted by Crippen LogP contribution is -2.26. The Labute approximate surface area is 162 Å². The molecule has 0 spiro atoms. The Bertz CT molecular complexity index is 1040. The fraction of sp³-hybridized carbons (Fsp3) is 0.263. The van der Waals surface area contributed by atoms with Crippen LogP contribution in [0.3, 0.4) is 0 Å². The molecule has 0 amide bonds. The van der Waals surface area contributed by atoms with Crippen LogP contribution in [0.2, 0.25) is 0 Å². The zero-order valence-electron chi connectivity index (χ0n) is 15.1. The number of nitrogens with zero attached hydrogens (tertiary/aromatic N) is 1. The van der Waals surface area contributed by atoms with E-state index in [-0.39, 0.29) is 4.90 Å². The van der Waals surface area contributed by atoms with Crippen LogP contribution in [0, 0.1) is 6.92 Å². The van der Waals surface area contributed by atoms with Crippen LogP contribution in [0.25, 0.3) is 10.2 Å². The lowest BCUT2D eigenvalue weighted by Gasteiger charge is -2.10. The van der Waals surface area contributed by atoms with Gasteiger partial charge in [0.1, 0.15) is 0 Å². The molecular formula is C19H20N2O4S2. The summed E-state index contributed by atoms with van der Waals surface area (Å²) in [7, 11) is -2.35. The Balaban J connectivity index is 1.60. The summed E-state index contributed by atoms with van der Waals surface area (Å²) < 4.78 is 33.4. The number of hydrogen-bond acceptors (Lipinski definition) is 6. The number of ether oxygens (including phenoxy) is 1. The predicted molar refractivity (Wildman–Crippen MR) is 106 cm³/mol. The first-order chi connectivity index (χ1) is 12.9. The van der Waals surface area contributed by atoms with Gasteiger partial charge in [-0.1, -0.05) is 12.1 Å². The van der Waals surface area contributed by atoms with Gasteiger partial charge in [0.15, 0.2) is 0 Å². The molecule has 0 bridgehead atoms. The molecule has 3 rings (SSSR count). The molecule has 3 aromatic rings. The number of aryl methyl sites for hydroxylation is 2. The number of carbonyl (C=O) groups excluding carboxylic acids is 1. The molecule has 0 saturated carbocycles. The van der Waals surface area contributed by atoms with Crippen LogP contribution in [0.4, 0.5) is 0 Å². The number of aromatic nitrogens is 1. The summed E-state index contributed by atoms with van der Waals surface area (Å²) in [5, 5.41) is 0.994. The molecular weight excluding hydrogens is 384 g/mol. The molecule has 1 N–H and O–H groups in total. The van der Waals surface area contributed by atoms with Crippen molar-refractivity contribution in [2.45, 2.75) is 24.7 Å². The van der Waals surface area contributed by atoms with Gasteiger partial charge in [-0.3, -0.25) is 0 Å². The van der Waals surface area contributed by atoms with E-state index in [1.165, 1.54) is 25.3 Å². The first kappa shape index (κ1) is 19.5. The van der Waals surface area contributed by atoms with Crippen LogP contribution in [0.5, 0.6) is 0 Å². The van der Waals surface area contributed by atoms with Gasteiger partial charge in [0.2, 0.25) is 10.0 Å². The van der Waals surface area contributed by atoms with Gasteiger partial charge in [-0.25, -0.2) is 22.9 Å². The van der Waals surface area contributed by atoms with E-state index in [1.807, 2.05) is 24.3 Å². The second-order valence-electron chi connectivity index (χ2n) is 6.05. The normalized spacial score (nSPS) is 11.6. The molecule has 27 heavy (non-hydrogen) atoms. The maximum Gasteiger partial charge on any atom is 0.337 e. The van der Waals surface area contributed by atoms with Gasteiger partial charge in [-0.05, 0) is 49.2 Å². The molecule has 142 valence electrons. The number of methoxy groups -OCH3 is 1. The molecule has 0 fully saturated rings. The van der Waals surface area contributed by atoms with E-state index in [0.29, 0.717) is 30.5 Å². The molecule has 6 nitrogen and oxygen atoms in total. The molecule has 0 aliphatic heterocycles. The Hall–Kier alpha value is -2.29. The SMILES string of the molecule is COC(=O)c1ccc(S(=O)(=O)NCCCc2nc3ccccc3s2)c(C)c1. The fourth-order valence-electron chi connectivity index (χ4n) is 2.75. The number of nitrogens with one attached hydrogen (secondary N) is 1. The molecule has 8 heteroatoms. The number of fused-ring (bicyclic) bond motifs is 1. The van der Waals surface area contributed by atoms with E-state index in [4.69, 9.17) is 0 Å². The maximum absolute atomic E-state index is 12.5. The number of benzene rings is 2. The van der Waals surface area contributed by atoms with Crippen molar-refractivity contribution in [2.24, 2.45) is 0 Å². The first-order valence-electron chi connectivity index (χ1n) is 8.44. The van der Waals surface area contributed by atoms with E-state index in [9.17, 15) is 13.2 Å². The van der Waals surface area contributed by atoms with E-state index >= 15 is 0 Å². The monoisotopic (exact) mass is 404 g/mol. The molecule has 0 aliphatic rings. The highest BCUT2D eigenvalue weighted by molar-refractivity contribution is 7.89. The van der Waals surface area contributed by atoms with Crippen LogP contribution in [-0.4, -0.2) is 33.0 Å². The summed E-state index contributed by atoms with van der Waals surface area (Å²) >= 11 is 1.63. The zero-order valence-corrected chi connectivity index (χ0v) is 16.7. The average molecular weight is 405 g/mol. The number of rotatable bonds is 7. The summed E-state index contributed by atoms with van der Waals surface area (Å²) in [5.74, 6) is -0.495. The summed E-state index contributed by atoms with van der Waals surface area (Å²) in [6.45, 7) is 1.97. The number of sulfonamides is 1. The number of esters is 1. The second-order valence-corrected chi connectivity index (χ2v) is 8.90. The largest absolute Gasteiger partial charge is 0.465 e. The van der Waals surface area contributed by atoms with Crippen molar-refractivity contribution in [3.8, 4) is 0 Å². The van der Waals surface area contributed by atoms with Crippen molar-refractivity contribution >= 4 is 37.5 Å². The summed E-state index contributed by atoms with van der Waals surface area (Å²) in [6.07, 6.45) is 1.36. The number of carbonyl (C=O) groups is 1. The quantitative estimate of drug-likeness (QED) is 0.482. The highest BCUT2D eigenvalue weighted by Crippen LogP contribution is 2.22. The standard InChI is InChI=1S/C19H20N2O4S2/c1-13-12-14(19(22)25-2)9-10-17(13)27(23,24)20-11-5-8-18-21-15-6-3-4-7-16(15)26-18/h3-4,6-7,9-10,12,20H,5,8,11H2,1-2H3. The van der Waals surface area contributed by atoms with Crippen molar-refractivity contribution < 1.29 is 17.9 Å². The lowest BCUT2D eigenvalue weighted by atomic mass is 10.1. The van der Waals surface area contributed by atoms with Crippen LogP contribution < -0.4 is 4.72 Å². The molecule has 2 aromatic carbocycles. The van der Waals surface area contributed by atoms with Gasteiger partial charge in [0.05, 0.1) is 32.8 Å². The van der Waals surface area contributed by atoms with Gasteiger partial charge < -0.3 is 4.74 Å². The molecule has 0 aliphatic carbocycles. The topological polar surface area (TPSA) is 85.4 Å². The minimum Gasteiger partial charge on any atom is -0.465 e. The summed E-state index contributed by atoms with van der Waals surface area (Å²) in [6, 6.07) is 12.3. The van der Waals surface area contributed by atoms with Crippen molar-refractivity contribution in [1.82, 2.24) is 9.71 Å². The smallest absolute Gasteiger partial charge is 0.337 e. The van der Waals surface area contributed by atoms with Crippen molar-refractivity contribution in [3.63, 3.8) is 0 Å². The molecule has 0 unspecified atom stereocenters. The van der Waals surface area contributed by atoms with Crippen molar-refractivity contribution in [2.75, 3.05) is 13.7 Å². The highest BCUT2D eigenvalue weighted by Gasteiger charge is 2.18. The van der Waals surface area contributed by atoms with E-state index in [1.54, 1.807) is 18.3 Å². The Kier molecular flexibility index (Phi) is 5.88. The Morgan fingerprint density at radius 3 is 2.70 bits per heavy atom. The predicted octanol–water partition coefficient (Wildman–Crippen LogP) is 3.30. The van der Waals surface area contributed by atoms with E-state index < -0.39 is 16.0 Å². The number of para-hydroxylation sites is 1. The van der Waals surface area contributed by atoms with Gasteiger partial charge in [-0.2, -0.15) is 0 Å². The number of hydrogen-bond donors (Lipinski definition) is 1. The van der Waals surface area contributed by atoms with E-state index in [2.05, 4.69) is 14.4 Å². The van der Waals surface area contributed by atoms with Crippen LogP contribution >= 0.6 is 11.3 Å². The zero-order chi connectivity index (χ0) is 19.4. The first-order valence-corrected chi connectivity index (χ1v) is 10.7. The molecule has 1 aromatic heterocycles. The van der Waals surface area contributed by atoms with Gasteiger partial charge in [0, 0.05) is 13.0 Å². The molecule has 0 atom stereocenters. The summed E-state index contributed by atoms with van der Waals surface area (Å²) in [5.41, 5.74) is 1.79. The van der Waals surface area contributed by atoms with Crippen LogP contribution in [0.1, 0.15) is 27.3 Å². The Morgan fingerprint density at radius 2 is 2.00 bits per heavy atom. The van der Waals surface area contributed by atoms with Gasteiger partial charge in [0.25, 0.3) is 0 Å². The molecule has 1 heterocycles. The van der Waals surface area contributed by atoms with E-state index in [0.717, 1.165) is 15.2 Å². The third-order valence-electron chi connectivity index (χ3n) is 4.08. The molecule has 0 radical (unpaired) electrons. The van der Waals surface area contributed by atoms with Gasteiger partial charge >= 0.3 is 5.97 Å². The average Bonchev–Trinajstić information content (AvgIpc) is 3.07. The van der Waals surface area contributed by atoms with Crippen molar-refractivity contribution in [1.29, 1.82) is 0 Å². The maximum atomic E-state index is 12.5. The minimum atomic E-state index is -3.64. The minimum absolute atomic E-state index is 0.162. The van der Waals surface area contributed by atoms with Gasteiger partial charge in [-0.15, -0.1) is 11.3 Å². The van der Waals surface area contributed by atoms with Crippen molar-refractivity contribution in [3.05, 3.63) is 58.6 Å². The Morgan fingerprint density at radius 1 is 1.22 bits per heavy atom. The second kappa shape index (κ2) is 8.16. The molecule has 0 saturated heterocycles. The lowest BCUT2D eigenvalue weighted by molar-refractivity contribution is 0.0600. The highest BCUT2D eigenvalue weighted by atomic mass is 32.2. The fourth-order valence-corrected chi connectivity index (χ4v) is 5.05.